The van der Waals surface area contributed by atoms with Gasteiger partial charge in [-0.05, 0) is 31.0 Å². The van der Waals surface area contributed by atoms with Crippen LogP contribution in [-0.4, -0.2) is 27.6 Å². The Hall–Kier alpha value is -2.63. The number of aryl methyl sites for hydroxylation is 1. The summed E-state index contributed by atoms with van der Waals surface area (Å²) in [6.45, 7) is 2.33. The lowest BCUT2D eigenvalue weighted by Crippen LogP contribution is -2.13. The predicted molar refractivity (Wildman–Crippen MR) is 75.2 cm³/mol. The zero-order valence-corrected chi connectivity index (χ0v) is 11.0. The quantitative estimate of drug-likeness (QED) is 0.766. The number of rotatable bonds is 5. The molecular weight excluding hydrogens is 258 g/mol. The molecule has 0 radical (unpaired) electrons. The number of anilines is 1. The van der Waals surface area contributed by atoms with Crippen LogP contribution in [0.2, 0.25) is 0 Å². The van der Waals surface area contributed by atoms with Crippen LogP contribution in [0.3, 0.4) is 0 Å². The van der Waals surface area contributed by atoms with Gasteiger partial charge in [-0.25, -0.2) is 9.78 Å². The number of nitrogens with zero attached hydrogens (tertiary/aromatic N) is 1. The Morgan fingerprint density at radius 3 is 2.65 bits per heavy atom. The molecule has 3 N–H and O–H groups in total. The highest BCUT2D eigenvalue weighted by molar-refractivity contribution is 5.87. The Balaban J connectivity index is 1.92. The molecule has 20 heavy (non-hydrogen) atoms. The van der Waals surface area contributed by atoms with Gasteiger partial charge >= 0.3 is 5.97 Å². The maximum absolute atomic E-state index is 11.3. The van der Waals surface area contributed by atoms with Crippen molar-refractivity contribution in [1.82, 2.24) is 9.97 Å². The molecule has 0 spiro atoms. The summed E-state index contributed by atoms with van der Waals surface area (Å²) in [5.74, 6) is 0.164. The molecule has 104 valence electrons. The van der Waals surface area contributed by atoms with Crippen molar-refractivity contribution < 1.29 is 9.90 Å². The third kappa shape index (κ3) is 3.68. The van der Waals surface area contributed by atoms with E-state index in [0.29, 0.717) is 24.6 Å². The molecule has 0 amide bonds. The van der Waals surface area contributed by atoms with Gasteiger partial charge in [-0.2, -0.15) is 0 Å². The highest BCUT2D eigenvalue weighted by Crippen LogP contribution is 2.06. The van der Waals surface area contributed by atoms with E-state index in [1.165, 1.54) is 6.07 Å². The van der Waals surface area contributed by atoms with E-state index < -0.39 is 5.97 Å². The van der Waals surface area contributed by atoms with Gasteiger partial charge in [-0.15, -0.1) is 0 Å². The average Bonchev–Trinajstić information content (AvgIpc) is 2.38. The van der Waals surface area contributed by atoms with E-state index in [0.717, 1.165) is 5.56 Å². The number of aromatic carboxylic acids is 1. The van der Waals surface area contributed by atoms with Gasteiger partial charge in [0.1, 0.15) is 11.6 Å². The first kappa shape index (κ1) is 13.8. The van der Waals surface area contributed by atoms with Crippen molar-refractivity contribution >= 4 is 11.8 Å². The average molecular weight is 273 g/mol. The molecule has 0 saturated carbocycles. The van der Waals surface area contributed by atoms with Crippen molar-refractivity contribution in [3.63, 3.8) is 0 Å². The second-order valence-electron chi connectivity index (χ2n) is 4.39. The number of H-pyrrole nitrogens is 1. The molecule has 0 fully saturated rings. The summed E-state index contributed by atoms with van der Waals surface area (Å²) in [5.41, 5.74) is 1.10. The lowest BCUT2D eigenvalue weighted by atomic mass is 10.1. The van der Waals surface area contributed by atoms with Crippen LogP contribution in [0.5, 0.6) is 0 Å². The lowest BCUT2D eigenvalue weighted by Gasteiger charge is -2.06. The molecule has 0 bridgehead atoms. The van der Waals surface area contributed by atoms with E-state index >= 15 is 0 Å². The summed E-state index contributed by atoms with van der Waals surface area (Å²) >= 11 is 0. The van der Waals surface area contributed by atoms with E-state index in [1.54, 1.807) is 31.2 Å². The lowest BCUT2D eigenvalue weighted by molar-refractivity contribution is 0.0697. The van der Waals surface area contributed by atoms with Crippen LogP contribution in [0, 0.1) is 6.92 Å². The third-order valence-corrected chi connectivity index (χ3v) is 2.78. The molecule has 0 saturated heterocycles. The zero-order chi connectivity index (χ0) is 14.5. The van der Waals surface area contributed by atoms with E-state index in [4.69, 9.17) is 5.11 Å². The maximum Gasteiger partial charge on any atom is 0.335 e. The summed E-state index contributed by atoms with van der Waals surface area (Å²) in [6.07, 6.45) is 0.716. The van der Waals surface area contributed by atoms with Crippen molar-refractivity contribution in [2.24, 2.45) is 0 Å². The first-order chi connectivity index (χ1) is 9.54. The molecule has 1 aromatic carbocycles. The molecule has 1 aromatic heterocycles. The smallest absolute Gasteiger partial charge is 0.335 e. The summed E-state index contributed by atoms with van der Waals surface area (Å²) in [4.78, 5) is 28.7. The Morgan fingerprint density at radius 1 is 1.35 bits per heavy atom. The molecule has 0 atom stereocenters. The maximum atomic E-state index is 11.3. The number of nitrogens with one attached hydrogen (secondary N) is 2. The molecule has 1 heterocycles. The second kappa shape index (κ2) is 6.01. The summed E-state index contributed by atoms with van der Waals surface area (Å²) in [7, 11) is 0. The van der Waals surface area contributed by atoms with Crippen LogP contribution in [0.25, 0.3) is 0 Å². The standard InChI is InChI=1S/C14H15N3O3/c1-9-16-12(8-13(18)17-9)15-7-6-10-2-4-11(5-3-10)14(19)20/h2-5,8H,6-7H2,1H3,(H,19,20)(H2,15,16,17,18). The van der Waals surface area contributed by atoms with Gasteiger partial charge in [0.15, 0.2) is 0 Å². The molecule has 6 nitrogen and oxygen atoms in total. The molecular formula is C14H15N3O3. The van der Waals surface area contributed by atoms with Crippen molar-refractivity contribution in [3.8, 4) is 0 Å². The van der Waals surface area contributed by atoms with Crippen LogP contribution in [0.1, 0.15) is 21.7 Å². The Labute approximate surface area is 115 Å². The number of benzene rings is 1. The van der Waals surface area contributed by atoms with Gasteiger partial charge in [-0.1, -0.05) is 12.1 Å². The topological polar surface area (TPSA) is 95.1 Å². The first-order valence-electron chi connectivity index (χ1n) is 6.18. The Kier molecular flexibility index (Phi) is 4.14. The first-order valence-corrected chi connectivity index (χ1v) is 6.18. The minimum absolute atomic E-state index is 0.189. The third-order valence-electron chi connectivity index (χ3n) is 2.78. The number of hydrogen-bond donors (Lipinski definition) is 3. The fourth-order valence-electron chi connectivity index (χ4n) is 1.82. The minimum atomic E-state index is -0.933. The van der Waals surface area contributed by atoms with E-state index in [-0.39, 0.29) is 11.1 Å². The van der Waals surface area contributed by atoms with Crippen LogP contribution in [0.4, 0.5) is 5.82 Å². The van der Waals surface area contributed by atoms with Gasteiger partial charge in [0.05, 0.1) is 5.56 Å². The largest absolute Gasteiger partial charge is 0.478 e. The van der Waals surface area contributed by atoms with E-state index in [9.17, 15) is 9.59 Å². The van der Waals surface area contributed by atoms with Crippen molar-refractivity contribution in [1.29, 1.82) is 0 Å². The minimum Gasteiger partial charge on any atom is -0.478 e. The SMILES string of the molecule is Cc1nc(NCCc2ccc(C(=O)O)cc2)cc(=O)[nH]1. The second-order valence-corrected chi connectivity index (χ2v) is 4.39. The number of carboxylic acids is 1. The summed E-state index contributed by atoms with van der Waals surface area (Å²) in [6, 6.07) is 8.12. The highest BCUT2D eigenvalue weighted by atomic mass is 16.4. The van der Waals surface area contributed by atoms with Crippen LogP contribution < -0.4 is 10.9 Å². The number of carboxylic acid groups (broad SMARTS) is 1. The van der Waals surface area contributed by atoms with Gasteiger partial charge in [0.2, 0.25) is 0 Å². The summed E-state index contributed by atoms with van der Waals surface area (Å²) < 4.78 is 0. The van der Waals surface area contributed by atoms with Gasteiger partial charge in [0.25, 0.3) is 5.56 Å². The fraction of sp³-hybridized carbons (Fsp3) is 0.214. The monoisotopic (exact) mass is 273 g/mol. The number of aromatic amines is 1. The van der Waals surface area contributed by atoms with E-state index in [1.807, 2.05) is 0 Å². The molecule has 6 heteroatoms. The van der Waals surface area contributed by atoms with Gasteiger partial charge < -0.3 is 15.4 Å². The number of carbonyl (C=O) groups is 1. The molecule has 2 rings (SSSR count). The van der Waals surface area contributed by atoms with Crippen LogP contribution >= 0.6 is 0 Å². The molecule has 2 aromatic rings. The van der Waals surface area contributed by atoms with Crippen LogP contribution in [0.15, 0.2) is 35.1 Å². The summed E-state index contributed by atoms with van der Waals surface area (Å²) in [5, 5.41) is 11.9. The molecule has 0 aliphatic rings. The van der Waals surface area contributed by atoms with Crippen molar-refractivity contribution in [2.45, 2.75) is 13.3 Å². The zero-order valence-electron chi connectivity index (χ0n) is 11.0. The fourth-order valence-corrected chi connectivity index (χ4v) is 1.82. The van der Waals surface area contributed by atoms with Gasteiger partial charge in [-0.3, -0.25) is 4.79 Å². The number of hydrogen-bond acceptors (Lipinski definition) is 4. The molecule has 0 aliphatic carbocycles. The number of aromatic nitrogens is 2. The van der Waals surface area contributed by atoms with Crippen LogP contribution in [-0.2, 0) is 6.42 Å². The predicted octanol–water partition coefficient (Wildman–Crippen LogP) is 1.43. The van der Waals surface area contributed by atoms with Crippen molar-refractivity contribution in [2.75, 3.05) is 11.9 Å². The normalized spacial score (nSPS) is 10.2. The Bertz CT molecular complexity index is 662. The molecule has 0 aliphatic heterocycles. The Morgan fingerprint density at radius 2 is 2.05 bits per heavy atom. The molecule has 0 unspecified atom stereocenters. The van der Waals surface area contributed by atoms with Gasteiger partial charge in [0, 0.05) is 12.6 Å². The van der Waals surface area contributed by atoms with E-state index in [2.05, 4.69) is 15.3 Å². The highest BCUT2D eigenvalue weighted by Gasteiger charge is 2.02. The van der Waals surface area contributed by atoms with Crippen molar-refractivity contribution in [3.05, 3.63) is 57.6 Å².